The van der Waals surface area contributed by atoms with Gasteiger partial charge in [-0.25, -0.2) is 4.79 Å². The topological polar surface area (TPSA) is 83.6 Å². The summed E-state index contributed by atoms with van der Waals surface area (Å²) >= 11 is 1.50. The third-order valence-corrected chi connectivity index (χ3v) is 4.95. The summed E-state index contributed by atoms with van der Waals surface area (Å²) in [6.45, 7) is 7.09. The molecular formula is C14H26N2O3S. The van der Waals surface area contributed by atoms with Crippen LogP contribution >= 0.6 is 11.8 Å². The number of aliphatic carboxylic acids is 1. The fourth-order valence-corrected chi connectivity index (χ4v) is 3.72. The van der Waals surface area contributed by atoms with Crippen molar-refractivity contribution >= 4 is 23.6 Å². The molecule has 1 heterocycles. The van der Waals surface area contributed by atoms with Crippen molar-refractivity contribution in [1.29, 1.82) is 0 Å². The highest BCUT2D eigenvalue weighted by Gasteiger charge is 2.35. The van der Waals surface area contributed by atoms with E-state index in [-0.39, 0.29) is 11.3 Å². The largest absolute Gasteiger partial charge is 0.480 e. The van der Waals surface area contributed by atoms with E-state index in [2.05, 4.69) is 20.8 Å². The highest BCUT2D eigenvalue weighted by Crippen LogP contribution is 2.33. The molecule has 116 valence electrons. The first-order valence-electron chi connectivity index (χ1n) is 7.07. The van der Waals surface area contributed by atoms with E-state index >= 15 is 0 Å². The molecule has 6 heteroatoms. The number of nitrogens with zero attached hydrogens (tertiary/aromatic N) is 1. The van der Waals surface area contributed by atoms with Crippen molar-refractivity contribution in [3.8, 4) is 0 Å². The number of carboxylic acid groups (broad SMARTS) is 1. The average Bonchev–Trinajstić information content (AvgIpc) is 2.81. The van der Waals surface area contributed by atoms with E-state index in [1.54, 1.807) is 0 Å². The third-order valence-electron chi connectivity index (χ3n) is 3.93. The molecule has 0 aromatic rings. The molecule has 1 aliphatic rings. The predicted octanol–water partition coefficient (Wildman–Crippen LogP) is 1.76. The molecule has 0 saturated carbocycles. The highest BCUT2D eigenvalue weighted by atomic mass is 32.2. The van der Waals surface area contributed by atoms with Gasteiger partial charge in [0, 0.05) is 12.2 Å². The Morgan fingerprint density at radius 2 is 2.05 bits per heavy atom. The van der Waals surface area contributed by atoms with Gasteiger partial charge in [0.15, 0.2) is 0 Å². The molecule has 1 saturated heterocycles. The van der Waals surface area contributed by atoms with Gasteiger partial charge < -0.3 is 15.7 Å². The van der Waals surface area contributed by atoms with Crippen LogP contribution in [0.5, 0.6) is 0 Å². The number of amides is 1. The second kappa shape index (κ2) is 7.31. The summed E-state index contributed by atoms with van der Waals surface area (Å²) in [5, 5.41) is 9.10. The van der Waals surface area contributed by atoms with Gasteiger partial charge in [0.2, 0.25) is 5.91 Å². The standard InChI is InChI=1S/C14H26N2O3S/c1-14(2,3)10(6-7-15)4-5-12(17)16-9-20-8-11(16)13(18)19/h10-11H,4-9,15H2,1-3H3,(H,18,19)/t10?,11-/m0/s1. The van der Waals surface area contributed by atoms with Crippen LogP contribution in [-0.4, -0.2) is 46.1 Å². The van der Waals surface area contributed by atoms with Crippen LogP contribution in [0.1, 0.15) is 40.0 Å². The molecular weight excluding hydrogens is 276 g/mol. The van der Waals surface area contributed by atoms with E-state index in [1.807, 2.05) is 0 Å². The highest BCUT2D eigenvalue weighted by molar-refractivity contribution is 7.99. The predicted molar refractivity (Wildman–Crippen MR) is 81.4 cm³/mol. The maximum atomic E-state index is 12.2. The van der Waals surface area contributed by atoms with Gasteiger partial charge in [0.25, 0.3) is 0 Å². The molecule has 2 atom stereocenters. The molecule has 0 radical (unpaired) electrons. The molecule has 1 fully saturated rings. The molecule has 20 heavy (non-hydrogen) atoms. The summed E-state index contributed by atoms with van der Waals surface area (Å²) in [6.07, 6.45) is 2.08. The van der Waals surface area contributed by atoms with Crippen molar-refractivity contribution in [2.24, 2.45) is 17.1 Å². The van der Waals surface area contributed by atoms with Crippen LogP contribution in [0.15, 0.2) is 0 Å². The minimum absolute atomic E-state index is 0.0475. The first-order valence-corrected chi connectivity index (χ1v) is 8.23. The van der Waals surface area contributed by atoms with Crippen molar-refractivity contribution in [1.82, 2.24) is 4.90 Å². The van der Waals surface area contributed by atoms with Crippen LogP contribution in [0.4, 0.5) is 0 Å². The second-order valence-electron chi connectivity index (χ2n) is 6.40. The number of rotatable bonds is 6. The number of hydrogen-bond donors (Lipinski definition) is 2. The van der Waals surface area contributed by atoms with E-state index in [0.717, 1.165) is 12.8 Å². The van der Waals surface area contributed by atoms with E-state index in [9.17, 15) is 9.59 Å². The van der Waals surface area contributed by atoms with Crippen LogP contribution in [0, 0.1) is 11.3 Å². The van der Waals surface area contributed by atoms with Crippen LogP contribution in [0.25, 0.3) is 0 Å². The maximum Gasteiger partial charge on any atom is 0.327 e. The third kappa shape index (κ3) is 4.66. The Balaban J connectivity index is 2.55. The molecule has 0 bridgehead atoms. The zero-order valence-corrected chi connectivity index (χ0v) is 13.4. The quantitative estimate of drug-likeness (QED) is 0.781. The lowest BCUT2D eigenvalue weighted by Gasteiger charge is -2.31. The van der Waals surface area contributed by atoms with Gasteiger partial charge in [-0.05, 0) is 30.7 Å². The number of hydrogen-bond acceptors (Lipinski definition) is 4. The van der Waals surface area contributed by atoms with Crippen molar-refractivity contribution in [2.45, 2.75) is 46.1 Å². The summed E-state index contributed by atoms with van der Waals surface area (Å²) in [7, 11) is 0. The number of thioether (sulfide) groups is 1. The average molecular weight is 302 g/mol. The van der Waals surface area contributed by atoms with Crippen LogP contribution < -0.4 is 5.73 Å². The smallest absolute Gasteiger partial charge is 0.327 e. The Kier molecular flexibility index (Phi) is 6.33. The molecule has 3 N–H and O–H groups in total. The summed E-state index contributed by atoms with van der Waals surface area (Å²) in [4.78, 5) is 24.8. The Labute approximate surface area is 125 Å². The lowest BCUT2D eigenvalue weighted by atomic mass is 9.76. The fourth-order valence-electron chi connectivity index (χ4n) is 2.55. The molecule has 0 aromatic heterocycles. The van der Waals surface area contributed by atoms with Gasteiger partial charge in [-0.2, -0.15) is 0 Å². The Bertz CT molecular complexity index is 355. The van der Waals surface area contributed by atoms with Crippen LogP contribution in [0.2, 0.25) is 0 Å². The van der Waals surface area contributed by atoms with Gasteiger partial charge >= 0.3 is 5.97 Å². The Hall–Kier alpha value is -0.750. The zero-order chi connectivity index (χ0) is 15.3. The van der Waals surface area contributed by atoms with Crippen molar-refractivity contribution in [2.75, 3.05) is 18.2 Å². The second-order valence-corrected chi connectivity index (χ2v) is 7.40. The maximum absolute atomic E-state index is 12.2. The molecule has 0 aromatic carbocycles. The first-order chi connectivity index (χ1) is 9.27. The van der Waals surface area contributed by atoms with Crippen molar-refractivity contribution in [3.63, 3.8) is 0 Å². The number of carbonyl (C=O) groups excluding carboxylic acids is 1. The minimum atomic E-state index is -0.905. The monoisotopic (exact) mass is 302 g/mol. The van der Waals surface area contributed by atoms with Crippen molar-refractivity contribution in [3.05, 3.63) is 0 Å². The molecule has 5 nitrogen and oxygen atoms in total. The zero-order valence-electron chi connectivity index (χ0n) is 12.6. The van der Waals surface area contributed by atoms with Gasteiger partial charge in [-0.15, -0.1) is 11.8 Å². The van der Waals surface area contributed by atoms with Crippen LogP contribution in [-0.2, 0) is 9.59 Å². The summed E-state index contributed by atoms with van der Waals surface area (Å²) in [5.41, 5.74) is 5.76. The summed E-state index contributed by atoms with van der Waals surface area (Å²) in [6, 6.07) is -0.657. The number of carbonyl (C=O) groups is 2. The van der Waals surface area contributed by atoms with E-state index in [4.69, 9.17) is 10.8 Å². The molecule has 0 spiro atoms. The Morgan fingerprint density at radius 1 is 1.40 bits per heavy atom. The molecule has 1 amide bonds. The minimum Gasteiger partial charge on any atom is -0.480 e. The van der Waals surface area contributed by atoms with Gasteiger partial charge in [-0.1, -0.05) is 20.8 Å². The molecule has 0 aliphatic carbocycles. The fraction of sp³-hybridized carbons (Fsp3) is 0.857. The van der Waals surface area contributed by atoms with Crippen LogP contribution in [0.3, 0.4) is 0 Å². The van der Waals surface area contributed by atoms with Gasteiger partial charge in [0.05, 0.1) is 5.88 Å². The normalized spacial score (nSPS) is 21.0. The first kappa shape index (κ1) is 17.3. The van der Waals surface area contributed by atoms with Gasteiger partial charge in [0.1, 0.15) is 6.04 Å². The van der Waals surface area contributed by atoms with E-state index in [1.165, 1.54) is 16.7 Å². The molecule has 1 rings (SSSR count). The number of carboxylic acids is 1. The van der Waals surface area contributed by atoms with Gasteiger partial charge in [-0.3, -0.25) is 4.79 Å². The summed E-state index contributed by atoms with van der Waals surface area (Å²) in [5.74, 6) is 0.417. The molecule has 1 unspecified atom stereocenters. The molecule has 1 aliphatic heterocycles. The summed E-state index contributed by atoms with van der Waals surface area (Å²) < 4.78 is 0. The van der Waals surface area contributed by atoms with E-state index < -0.39 is 12.0 Å². The SMILES string of the molecule is CC(C)(C)C(CCN)CCC(=O)N1CSC[C@H]1C(=O)O. The lowest BCUT2D eigenvalue weighted by Crippen LogP contribution is -2.42. The Morgan fingerprint density at radius 3 is 2.55 bits per heavy atom. The van der Waals surface area contributed by atoms with E-state index in [0.29, 0.717) is 30.5 Å². The lowest BCUT2D eigenvalue weighted by molar-refractivity contribution is -0.147. The van der Waals surface area contributed by atoms with Crippen molar-refractivity contribution < 1.29 is 14.7 Å². The number of nitrogens with two attached hydrogens (primary N) is 1.